The molecule has 1 saturated heterocycles. The van der Waals surface area contributed by atoms with Crippen LogP contribution in [0, 0.1) is 11.6 Å². The molecule has 0 saturated carbocycles. The second-order valence-corrected chi connectivity index (χ2v) is 7.37. The van der Waals surface area contributed by atoms with E-state index in [1.54, 1.807) is 17.9 Å². The molecule has 0 bridgehead atoms. The summed E-state index contributed by atoms with van der Waals surface area (Å²) in [6.07, 6.45) is 5.18. The third-order valence-corrected chi connectivity index (χ3v) is 5.21. The molecule has 1 atom stereocenters. The van der Waals surface area contributed by atoms with Gasteiger partial charge < -0.3 is 19.9 Å². The van der Waals surface area contributed by atoms with E-state index in [2.05, 4.69) is 31.8 Å². The minimum Gasteiger partial charge on any atom is -0.483 e. The van der Waals surface area contributed by atoms with Gasteiger partial charge in [-0.3, -0.25) is 4.79 Å². The number of H-pyrrole nitrogens is 1. The number of nitrogens with zero attached hydrogens (tertiary/aromatic N) is 4. The van der Waals surface area contributed by atoms with Crippen molar-refractivity contribution in [1.29, 1.82) is 0 Å². The Kier molecular flexibility index (Phi) is 6.11. The summed E-state index contributed by atoms with van der Waals surface area (Å²) in [7, 11) is 0. The number of aromatic nitrogens is 4. The molecule has 0 spiro atoms. The summed E-state index contributed by atoms with van der Waals surface area (Å²) in [5, 5.41) is 3.34. The molecule has 4 rings (SSSR count). The van der Waals surface area contributed by atoms with Crippen LogP contribution in [-0.4, -0.2) is 56.5 Å². The number of hydrogen-bond donors (Lipinski definition) is 2. The van der Waals surface area contributed by atoms with E-state index in [0.29, 0.717) is 41.5 Å². The van der Waals surface area contributed by atoms with Crippen molar-refractivity contribution in [3.05, 3.63) is 60.7 Å². The summed E-state index contributed by atoms with van der Waals surface area (Å²) in [6, 6.07) is 3.60. The zero-order chi connectivity index (χ0) is 22.7. The van der Waals surface area contributed by atoms with Crippen LogP contribution in [0.25, 0.3) is 16.7 Å². The molecule has 1 fully saturated rings. The molecule has 0 aliphatic carbocycles. The lowest BCUT2D eigenvalue weighted by Crippen LogP contribution is -2.30. The highest BCUT2D eigenvalue weighted by Crippen LogP contribution is 2.24. The van der Waals surface area contributed by atoms with Crippen molar-refractivity contribution in [3.63, 3.8) is 0 Å². The lowest BCUT2D eigenvalue weighted by molar-refractivity contribution is -0.125. The first-order valence-electron chi connectivity index (χ1n) is 10.1. The molecule has 3 aromatic rings. The van der Waals surface area contributed by atoms with Crippen LogP contribution in [0.2, 0.25) is 0 Å². The topological polar surface area (TPSA) is 96.0 Å². The minimum absolute atomic E-state index is 0.0350. The number of fused-ring (bicyclic) bond motifs is 1. The van der Waals surface area contributed by atoms with Gasteiger partial charge in [-0.1, -0.05) is 12.6 Å². The van der Waals surface area contributed by atoms with E-state index in [1.807, 2.05) is 0 Å². The summed E-state index contributed by atoms with van der Waals surface area (Å²) >= 11 is 0. The number of likely N-dealkylation sites (tertiary alicyclic amines) is 1. The number of nitrogens with one attached hydrogen (secondary N) is 2. The molecule has 2 aromatic heterocycles. The molecular formula is C22H22F2N6O2. The number of benzene rings is 1. The molecule has 1 amide bonds. The first-order valence-corrected chi connectivity index (χ1v) is 10.1. The summed E-state index contributed by atoms with van der Waals surface area (Å²) in [4.78, 5) is 29.7. The van der Waals surface area contributed by atoms with Crippen LogP contribution in [-0.2, 0) is 4.79 Å². The Hall–Kier alpha value is -3.82. The number of allylic oxidation sites excluding steroid dienone is 1. The maximum Gasteiger partial charge on any atom is 0.246 e. The molecule has 2 N–H and O–H groups in total. The SMILES string of the molecule is C=CC(=O)N1CCC(Nc2ncnc3nc(C(C)=CCOc4c(F)cccc4F)[nH]c23)C1. The molecular weight excluding hydrogens is 418 g/mol. The fraction of sp³-hybridized carbons (Fsp3) is 0.273. The molecule has 32 heavy (non-hydrogen) atoms. The lowest BCUT2D eigenvalue weighted by atomic mass is 10.2. The Morgan fingerprint density at radius 3 is 2.91 bits per heavy atom. The van der Waals surface area contributed by atoms with Crippen molar-refractivity contribution >= 4 is 28.5 Å². The molecule has 1 aliphatic rings. The number of aromatic amines is 1. The van der Waals surface area contributed by atoms with Gasteiger partial charge in [0.2, 0.25) is 5.91 Å². The quantitative estimate of drug-likeness (QED) is 0.548. The average molecular weight is 440 g/mol. The van der Waals surface area contributed by atoms with Crippen LogP contribution in [0.1, 0.15) is 19.2 Å². The highest BCUT2D eigenvalue weighted by atomic mass is 19.1. The number of anilines is 1. The molecule has 10 heteroatoms. The van der Waals surface area contributed by atoms with E-state index in [0.717, 1.165) is 18.6 Å². The molecule has 1 unspecified atom stereocenters. The maximum atomic E-state index is 13.7. The van der Waals surface area contributed by atoms with E-state index in [1.165, 1.54) is 18.5 Å². The van der Waals surface area contributed by atoms with Crippen LogP contribution in [0.4, 0.5) is 14.6 Å². The van der Waals surface area contributed by atoms with Gasteiger partial charge in [0.1, 0.15) is 24.3 Å². The summed E-state index contributed by atoms with van der Waals surface area (Å²) in [6.45, 7) is 6.49. The standard InChI is InChI=1S/C22H22F2N6O2/c1-3-17(31)30-9-7-14(11-30)27-21-18-22(26-12-25-21)29-20(28-18)13(2)8-10-32-19-15(23)5-4-6-16(19)24/h3-6,8,12,14H,1,7,9-11H2,2H3,(H2,25,26,27,28,29). The van der Waals surface area contributed by atoms with Crippen LogP contribution in [0.15, 0.2) is 43.3 Å². The molecule has 0 radical (unpaired) electrons. The molecule has 3 heterocycles. The molecule has 1 aromatic carbocycles. The van der Waals surface area contributed by atoms with Crippen molar-refractivity contribution in [2.24, 2.45) is 0 Å². The second-order valence-electron chi connectivity index (χ2n) is 7.37. The Balaban J connectivity index is 1.47. The first kappa shape index (κ1) is 21.4. The zero-order valence-corrected chi connectivity index (χ0v) is 17.4. The zero-order valence-electron chi connectivity index (χ0n) is 17.4. The molecule has 8 nitrogen and oxygen atoms in total. The second kappa shape index (κ2) is 9.13. The third-order valence-electron chi connectivity index (χ3n) is 5.21. The highest BCUT2D eigenvalue weighted by Gasteiger charge is 2.25. The smallest absolute Gasteiger partial charge is 0.246 e. The number of rotatable bonds is 7. The fourth-order valence-electron chi connectivity index (χ4n) is 3.49. The normalized spacial score (nSPS) is 16.4. The average Bonchev–Trinajstić information content (AvgIpc) is 3.43. The van der Waals surface area contributed by atoms with Crippen molar-refractivity contribution in [2.45, 2.75) is 19.4 Å². The van der Waals surface area contributed by atoms with Gasteiger partial charge in [0.05, 0.1) is 0 Å². The van der Waals surface area contributed by atoms with E-state index >= 15 is 0 Å². The number of amides is 1. The summed E-state index contributed by atoms with van der Waals surface area (Å²) in [5.41, 5.74) is 1.82. The van der Waals surface area contributed by atoms with Crippen LogP contribution < -0.4 is 10.1 Å². The van der Waals surface area contributed by atoms with E-state index in [9.17, 15) is 13.6 Å². The Morgan fingerprint density at radius 1 is 1.38 bits per heavy atom. The van der Waals surface area contributed by atoms with Gasteiger partial charge in [0.15, 0.2) is 28.8 Å². The van der Waals surface area contributed by atoms with Gasteiger partial charge in [-0.05, 0) is 43.2 Å². The predicted molar refractivity (Wildman–Crippen MR) is 116 cm³/mol. The summed E-state index contributed by atoms with van der Waals surface area (Å²) < 4.78 is 32.6. The van der Waals surface area contributed by atoms with E-state index < -0.39 is 17.4 Å². The van der Waals surface area contributed by atoms with Crippen LogP contribution in [0.5, 0.6) is 5.75 Å². The summed E-state index contributed by atoms with van der Waals surface area (Å²) in [5.74, 6) is -0.902. The highest BCUT2D eigenvalue weighted by molar-refractivity contribution is 5.87. The maximum absolute atomic E-state index is 13.7. The molecule has 1 aliphatic heterocycles. The van der Waals surface area contributed by atoms with Gasteiger partial charge in [-0.25, -0.2) is 23.7 Å². The Morgan fingerprint density at radius 2 is 2.16 bits per heavy atom. The molecule has 166 valence electrons. The van der Waals surface area contributed by atoms with Crippen LogP contribution >= 0.6 is 0 Å². The number of hydrogen-bond acceptors (Lipinski definition) is 6. The minimum atomic E-state index is -0.758. The number of carbonyl (C=O) groups excluding carboxylic acids is 1. The van der Waals surface area contributed by atoms with Gasteiger partial charge in [0, 0.05) is 19.1 Å². The van der Waals surface area contributed by atoms with Crippen molar-refractivity contribution in [2.75, 3.05) is 25.0 Å². The first-order chi connectivity index (χ1) is 15.5. The van der Waals surface area contributed by atoms with Gasteiger partial charge >= 0.3 is 0 Å². The number of carbonyl (C=O) groups is 1. The van der Waals surface area contributed by atoms with Gasteiger partial charge in [-0.2, -0.15) is 0 Å². The van der Waals surface area contributed by atoms with Gasteiger partial charge in [-0.15, -0.1) is 0 Å². The van der Waals surface area contributed by atoms with Crippen molar-refractivity contribution in [3.8, 4) is 5.75 Å². The number of imidazole rings is 1. The van der Waals surface area contributed by atoms with E-state index in [4.69, 9.17) is 4.74 Å². The lowest BCUT2D eigenvalue weighted by Gasteiger charge is -2.15. The fourth-order valence-corrected chi connectivity index (χ4v) is 3.49. The largest absolute Gasteiger partial charge is 0.483 e. The van der Waals surface area contributed by atoms with Crippen molar-refractivity contribution < 1.29 is 18.3 Å². The third kappa shape index (κ3) is 4.43. The van der Waals surface area contributed by atoms with E-state index in [-0.39, 0.29) is 18.6 Å². The number of para-hydroxylation sites is 1. The Bertz CT molecular complexity index is 1170. The Labute approximate surface area is 183 Å². The number of halogens is 2. The van der Waals surface area contributed by atoms with Crippen LogP contribution in [0.3, 0.4) is 0 Å². The monoisotopic (exact) mass is 440 g/mol. The van der Waals surface area contributed by atoms with Crippen molar-refractivity contribution in [1.82, 2.24) is 24.8 Å². The van der Waals surface area contributed by atoms with Gasteiger partial charge in [0.25, 0.3) is 0 Å². The number of ether oxygens (including phenoxy) is 1. The predicted octanol–water partition coefficient (Wildman–Crippen LogP) is 3.31.